The molecule has 0 saturated heterocycles. The summed E-state index contributed by atoms with van der Waals surface area (Å²) in [4.78, 5) is 16.1. The van der Waals surface area contributed by atoms with Crippen LogP contribution in [0.2, 0.25) is 0 Å². The predicted octanol–water partition coefficient (Wildman–Crippen LogP) is 3.02. The number of rotatable bonds is 3. The molecule has 0 aliphatic rings. The van der Waals surface area contributed by atoms with Crippen LogP contribution in [-0.4, -0.2) is 18.0 Å². The van der Waals surface area contributed by atoms with Gasteiger partial charge in [-0.1, -0.05) is 6.07 Å². The van der Waals surface area contributed by atoms with Crippen LogP contribution in [0.3, 0.4) is 0 Å². The second-order valence-corrected chi connectivity index (χ2v) is 4.97. The minimum atomic E-state index is -0.219. The number of anilines is 1. The molecule has 0 aliphatic carbocycles. The van der Waals surface area contributed by atoms with E-state index in [9.17, 15) is 4.79 Å². The van der Waals surface area contributed by atoms with Gasteiger partial charge in [0.1, 0.15) is 11.4 Å². The number of nitrogens with one attached hydrogen (secondary N) is 1. The minimum Gasteiger partial charge on any atom is -0.495 e. The van der Waals surface area contributed by atoms with Gasteiger partial charge < -0.3 is 10.1 Å². The first kappa shape index (κ1) is 12.6. The SMILES string of the molecule is COc1ccc(C)cc1NC(=O)c1csc(C)n1. The first-order valence-electron chi connectivity index (χ1n) is 5.48. The molecule has 0 spiro atoms. The quantitative estimate of drug-likeness (QED) is 0.925. The molecule has 1 N–H and O–H groups in total. The van der Waals surface area contributed by atoms with Gasteiger partial charge in [0.2, 0.25) is 0 Å². The number of thiazole rings is 1. The van der Waals surface area contributed by atoms with Crippen LogP contribution in [0.25, 0.3) is 0 Å². The van der Waals surface area contributed by atoms with Crippen molar-refractivity contribution < 1.29 is 9.53 Å². The summed E-state index contributed by atoms with van der Waals surface area (Å²) < 4.78 is 5.21. The Morgan fingerprint density at radius 1 is 1.39 bits per heavy atom. The van der Waals surface area contributed by atoms with Crippen molar-refractivity contribution in [3.8, 4) is 5.75 Å². The molecule has 0 aliphatic heterocycles. The zero-order valence-corrected chi connectivity index (χ0v) is 11.3. The van der Waals surface area contributed by atoms with Gasteiger partial charge in [0, 0.05) is 5.38 Å². The van der Waals surface area contributed by atoms with Crippen LogP contribution >= 0.6 is 11.3 Å². The van der Waals surface area contributed by atoms with E-state index in [0.29, 0.717) is 17.1 Å². The second-order valence-electron chi connectivity index (χ2n) is 3.91. The molecule has 18 heavy (non-hydrogen) atoms. The first-order valence-corrected chi connectivity index (χ1v) is 6.36. The van der Waals surface area contributed by atoms with Crippen LogP contribution in [0.1, 0.15) is 21.1 Å². The van der Waals surface area contributed by atoms with Gasteiger partial charge in [-0.15, -0.1) is 11.3 Å². The van der Waals surface area contributed by atoms with Crippen molar-refractivity contribution in [2.45, 2.75) is 13.8 Å². The number of benzene rings is 1. The lowest BCUT2D eigenvalue weighted by Gasteiger charge is -2.09. The van der Waals surface area contributed by atoms with Crippen LogP contribution in [0.4, 0.5) is 5.69 Å². The number of nitrogens with zero attached hydrogens (tertiary/aromatic N) is 1. The van der Waals surface area contributed by atoms with E-state index in [1.807, 2.05) is 32.0 Å². The average molecular weight is 262 g/mol. The number of methoxy groups -OCH3 is 1. The topological polar surface area (TPSA) is 51.2 Å². The second kappa shape index (κ2) is 5.18. The Labute approximate surface area is 110 Å². The van der Waals surface area contributed by atoms with Gasteiger partial charge in [0.15, 0.2) is 0 Å². The maximum atomic E-state index is 12.0. The van der Waals surface area contributed by atoms with E-state index in [-0.39, 0.29) is 5.91 Å². The first-order chi connectivity index (χ1) is 8.60. The van der Waals surface area contributed by atoms with Gasteiger partial charge in [0.05, 0.1) is 17.8 Å². The molecular weight excluding hydrogens is 248 g/mol. The molecule has 2 aromatic rings. The standard InChI is InChI=1S/C13H14N2O2S/c1-8-4-5-12(17-3)10(6-8)15-13(16)11-7-18-9(2)14-11/h4-7H,1-3H3,(H,15,16). The van der Waals surface area contributed by atoms with Gasteiger partial charge >= 0.3 is 0 Å². The summed E-state index contributed by atoms with van der Waals surface area (Å²) in [5.41, 5.74) is 2.15. The van der Waals surface area contributed by atoms with E-state index < -0.39 is 0 Å². The number of ether oxygens (including phenoxy) is 1. The highest BCUT2D eigenvalue weighted by molar-refractivity contribution is 7.09. The third kappa shape index (κ3) is 2.68. The normalized spacial score (nSPS) is 10.2. The van der Waals surface area contributed by atoms with Crippen LogP contribution in [-0.2, 0) is 0 Å². The maximum Gasteiger partial charge on any atom is 0.275 e. The fraction of sp³-hybridized carbons (Fsp3) is 0.231. The Balaban J connectivity index is 2.23. The van der Waals surface area contributed by atoms with Crippen molar-refractivity contribution in [2.75, 3.05) is 12.4 Å². The number of hydrogen-bond donors (Lipinski definition) is 1. The Hall–Kier alpha value is -1.88. The van der Waals surface area contributed by atoms with E-state index in [1.165, 1.54) is 11.3 Å². The molecule has 0 unspecified atom stereocenters. The monoisotopic (exact) mass is 262 g/mol. The molecule has 0 radical (unpaired) electrons. The lowest BCUT2D eigenvalue weighted by atomic mass is 10.2. The van der Waals surface area contributed by atoms with Crippen molar-refractivity contribution in [3.63, 3.8) is 0 Å². The highest BCUT2D eigenvalue weighted by atomic mass is 32.1. The van der Waals surface area contributed by atoms with Gasteiger partial charge in [-0.25, -0.2) is 4.98 Å². The smallest absolute Gasteiger partial charge is 0.275 e. The zero-order valence-electron chi connectivity index (χ0n) is 10.5. The Kier molecular flexibility index (Phi) is 3.62. The number of carbonyl (C=O) groups excluding carboxylic acids is 1. The number of hydrogen-bond acceptors (Lipinski definition) is 4. The van der Waals surface area contributed by atoms with E-state index in [4.69, 9.17) is 4.74 Å². The molecule has 0 bridgehead atoms. The summed E-state index contributed by atoms with van der Waals surface area (Å²) in [5, 5.41) is 5.43. The van der Waals surface area contributed by atoms with Gasteiger partial charge in [-0.05, 0) is 31.5 Å². The molecule has 5 heteroatoms. The fourth-order valence-corrected chi connectivity index (χ4v) is 2.17. The van der Waals surface area contributed by atoms with E-state index in [2.05, 4.69) is 10.3 Å². The van der Waals surface area contributed by atoms with Crippen LogP contribution in [0.15, 0.2) is 23.6 Å². The van der Waals surface area contributed by atoms with Crippen molar-refractivity contribution in [2.24, 2.45) is 0 Å². The third-order valence-electron chi connectivity index (χ3n) is 2.45. The van der Waals surface area contributed by atoms with Crippen molar-refractivity contribution >= 4 is 22.9 Å². The highest BCUT2D eigenvalue weighted by Gasteiger charge is 2.12. The molecule has 94 valence electrons. The molecule has 1 aromatic heterocycles. The van der Waals surface area contributed by atoms with Crippen LogP contribution in [0, 0.1) is 13.8 Å². The summed E-state index contributed by atoms with van der Waals surface area (Å²) in [5.74, 6) is 0.421. The minimum absolute atomic E-state index is 0.219. The molecule has 1 aromatic carbocycles. The van der Waals surface area contributed by atoms with Gasteiger partial charge in [-0.2, -0.15) is 0 Å². The van der Waals surface area contributed by atoms with Crippen molar-refractivity contribution in [1.29, 1.82) is 0 Å². The number of amides is 1. The molecule has 0 saturated carbocycles. The lowest BCUT2D eigenvalue weighted by Crippen LogP contribution is -2.13. The molecular formula is C13H14N2O2S. The largest absolute Gasteiger partial charge is 0.495 e. The van der Waals surface area contributed by atoms with E-state index in [0.717, 1.165) is 10.6 Å². The average Bonchev–Trinajstić information content (AvgIpc) is 2.76. The molecule has 2 rings (SSSR count). The molecule has 1 amide bonds. The molecule has 4 nitrogen and oxygen atoms in total. The number of aryl methyl sites for hydroxylation is 2. The van der Waals surface area contributed by atoms with Crippen LogP contribution < -0.4 is 10.1 Å². The van der Waals surface area contributed by atoms with Crippen molar-refractivity contribution in [3.05, 3.63) is 39.8 Å². The lowest BCUT2D eigenvalue weighted by molar-refractivity contribution is 0.102. The van der Waals surface area contributed by atoms with Gasteiger partial charge in [0.25, 0.3) is 5.91 Å². The summed E-state index contributed by atoms with van der Waals surface area (Å²) in [6, 6.07) is 5.63. The number of carbonyl (C=O) groups is 1. The predicted molar refractivity (Wildman–Crippen MR) is 72.5 cm³/mol. The molecule has 1 heterocycles. The van der Waals surface area contributed by atoms with Crippen molar-refractivity contribution in [1.82, 2.24) is 4.98 Å². The molecule has 0 atom stereocenters. The zero-order chi connectivity index (χ0) is 13.1. The summed E-state index contributed by atoms with van der Waals surface area (Å²) >= 11 is 1.45. The van der Waals surface area contributed by atoms with E-state index in [1.54, 1.807) is 12.5 Å². The third-order valence-corrected chi connectivity index (χ3v) is 3.23. The fourth-order valence-electron chi connectivity index (χ4n) is 1.57. The summed E-state index contributed by atoms with van der Waals surface area (Å²) in [6.45, 7) is 3.83. The van der Waals surface area contributed by atoms with Gasteiger partial charge in [-0.3, -0.25) is 4.79 Å². The summed E-state index contributed by atoms with van der Waals surface area (Å²) in [7, 11) is 1.58. The molecule has 0 fully saturated rings. The van der Waals surface area contributed by atoms with Crippen LogP contribution in [0.5, 0.6) is 5.75 Å². The Bertz CT molecular complexity index is 578. The summed E-state index contributed by atoms with van der Waals surface area (Å²) in [6.07, 6.45) is 0. The number of aromatic nitrogens is 1. The highest BCUT2D eigenvalue weighted by Crippen LogP contribution is 2.25. The van der Waals surface area contributed by atoms with E-state index >= 15 is 0 Å². The Morgan fingerprint density at radius 2 is 2.17 bits per heavy atom. The Morgan fingerprint density at radius 3 is 2.78 bits per heavy atom. The maximum absolute atomic E-state index is 12.0.